The molecule has 0 radical (unpaired) electrons. The summed E-state index contributed by atoms with van der Waals surface area (Å²) in [6.07, 6.45) is 1.39. The van der Waals surface area contributed by atoms with E-state index in [1.54, 1.807) is 6.92 Å². The molecule has 1 saturated heterocycles. The molecule has 1 rings (SSSR count). The van der Waals surface area contributed by atoms with Crippen molar-refractivity contribution in [3.8, 4) is 0 Å². The Labute approximate surface area is 84.5 Å². The van der Waals surface area contributed by atoms with Crippen molar-refractivity contribution in [1.82, 2.24) is 9.62 Å². The molecule has 1 aliphatic heterocycles. The second kappa shape index (κ2) is 4.27. The second-order valence-electron chi connectivity index (χ2n) is 3.28. The van der Waals surface area contributed by atoms with Crippen molar-refractivity contribution in [2.45, 2.75) is 25.8 Å². The third kappa shape index (κ3) is 2.06. The zero-order valence-corrected chi connectivity index (χ0v) is 9.30. The molecule has 1 aliphatic rings. The van der Waals surface area contributed by atoms with E-state index < -0.39 is 16.1 Å². The number of carbonyl (C=O) groups excluding carboxylic acids is 1. The van der Waals surface area contributed by atoms with Gasteiger partial charge in [0.1, 0.15) is 6.04 Å². The number of hydrogen-bond donors (Lipinski definition) is 1. The van der Waals surface area contributed by atoms with Crippen molar-refractivity contribution >= 4 is 15.9 Å². The fraction of sp³-hybridized carbons (Fsp3) is 0.875. The molecule has 1 fully saturated rings. The molecule has 0 bridgehead atoms. The van der Waals surface area contributed by atoms with Gasteiger partial charge >= 0.3 is 0 Å². The number of rotatable bonds is 3. The van der Waals surface area contributed by atoms with Crippen LogP contribution in [0.4, 0.5) is 0 Å². The number of sulfonamides is 1. The Balaban J connectivity index is 2.84. The number of carbonyl (C=O) groups is 1. The van der Waals surface area contributed by atoms with Gasteiger partial charge in [0.2, 0.25) is 15.9 Å². The molecule has 1 unspecified atom stereocenters. The van der Waals surface area contributed by atoms with Gasteiger partial charge in [-0.1, -0.05) is 0 Å². The van der Waals surface area contributed by atoms with Crippen molar-refractivity contribution in [2.24, 2.45) is 0 Å². The molecule has 0 spiro atoms. The van der Waals surface area contributed by atoms with Crippen LogP contribution in [0.25, 0.3) is 0 Å². The standard InChI is InChI=1S/C8H16N2O3S/c1-3-14(12,13)10-6-4-5-7(10)8(11)9-2/h7H,3-6H2,1-2H3,(H,9,11). The van der Waals surface area contributed by atoms with Gasteiger partial charge in [-0.2, -0.15) is 4.31 Å². The van der Waals surface area contributed by atoms with Crippen LogP contribution in [-0.4, -0.2) is 44.0 Å². The van der Waals surface area contributed by atoms with Crippen LogP contribution in [-0.2, 0) is 14.8 Å². The molecule has 6 heteroatoms. The fourth-order valence-electron chi connectivity index (χ4n) is 1.67. The molecule has 0 aromatic rings. The summed E-state index contributed by atoms with van der Waals surface area (Å²) in [6.45, 7) is 2.06. The van der Waals surface area contributed by atoms with E-state index in [-0.39, 0.29) is 11.7 Å². The molecule has 1 amide bonds. The monoisotopic (exact) mass is 220 g/mol. The number of nitrogens with zero attached hydrogens (tertiary/aromatic N) is 1. The van der Waals surface area contributed by atoms with E-state index in [0.717, 1.165) is 6.42 Å². The average Bonchev–Trinajstić information content (AvgIpc) is 2.65. The van der Waals surface area contributed by atoms with Crippen LogP contribution in [0, 0.1) is 0 Å². The SMILES string of the molecule is CCS(=O)(=O)N1CCCC1C(=O)NC. The third-order valence-corrected chi connectivity index (χ3v) is 4.36. The minimum Gasteiger partial charge on any atom is -0.358 e. The van der Waals surface area contributed by atoms with Crippen LogP contribution in [0.1, 0.15) is 19.8 Å². The van der Waals surface area contributed by atoms with E-state index in [9.17, 15) is 13.2 Å². The van der Waals surface area contributed by atoms with Crippen molar-refractivity contribution in [2.75, 3.05) is 19.3 Å². The molecule has 5 nitrogen and oxygen atoms in total. The first kappa shape index (κ1) is 11.5. The van der Waals surface area contributed by atoms with Gasteiger partial charge < -0.3 is 5.32 Å². The maximum atomic E-state index is 11.6. The summed E-state index contributed by atoms with van der Waals surface area (Å²) >= 11 is 0. The first-order valence-electron chi connectivity index (χ1n) is 4.74. The first-order chi connectivity index (χ1) is 6.53. The number of likely N-dealkylation sites (N-methyl/N-ethyl adjacent to an activating group) is 1. The predicted molar refractivity (Wildman–Crippen MR) is 53.3 cm³/mol. The highest BCUT2D eigenvalue weighted by Crippen LogP contribution is 2.21. The van der Waals surface area contributed by atoms with E-state index in [4.69, 9.17) is 0 Å². The molecule has 1 atom stereocenters. The molecular formula is C8H16N2O3S. The van der Waals surface area contributed by atoms with Gasteiger partial charge in [0.15, 0.2) is 0 Å². The van der Waals surface area contributed by atoms with Crippen LogP contribution < -0.4 is 5.32 Å². The van der Waals surface area contributed by atoms with E-state index >= 15 is 0 Å². The fourth-order valence-corrected chi connectivity index (χ4v) is 3.00. The largest absolute Gasteiger partial charge is 0.358 e. The van der Waals surface area contributed by atoms with Crippen LogP contribution in [0.3, 0.4) is 0 Å². The summed E-state index contributed by atoms with van der Waals surface area (Å²) in [5.41, 5.74) is 0. The second-order valence-corrected chi connectivity index (χ2v) is 5.49. The molecule has 0 aromatic carbocycles. The minimum atomic E-state index is -3.23. The summed E-state index contributed by atoms with van der Waals surface area (Å²) in [6, 6.07) is -0.495. The maximum absolute atomic E-state index is 11.6. The minimum absolute atomic E-state index is 0.0560. The van der Waals surface area contributed by atoms with E-state index in [1.165, 1.54) is 11.4 Å². The molecule has 82 valence electrons. The van der Waals surface area contributed by atoms with Gasteiger partial charge in [0.05, 0.1) is 5.75 Å². The van der Waals surface area contributed by atoms with Crippen LogP contribution in [0.5, 0.6) is 0 Å². The summed E-state index contributed by atoms with van der Waals surface area (Å²) in [7, 11) is -1.70. The zero-order chi connectivity index (χ0) is 10.8. The quantitative estimate of drug-likeness (QED) is 0.700. The van der Waals surface area contributed by atoms with Gasteiger partial charge in [-0.25, -0.2) is 8.42 Å². The first-order valence-corrected chi connectivity index (χ1v) is 6.35. The van der Waals surface area contributed by atoms with Crippen molar-refractivity contribution in [3.63, 3.8) is 0 Å². The molecular weight excluding hydrogens is 204 g/mol. The Morgan fingerprint density at radius 3 is 2.71 bits per heavy atom. The molecule has 1 N–H and O–H groups in total. The number of amides is 1. The highest BCUT2D eigenvalue weighted by atomic mass is 32.2. The van der Waals surface area contributed by atoms with E-state index in [1.807, 2.05) is 0 Å². The van der Waals surface area contributed by atoms with Crippen LogP contribution in [0.2, 0.25) is 0 Å². The van der Waals surface area contributed by atoms with Gasteiger partial charge in [-0.15, -0.1) is 0 Å². The lowest BCUT2D eigenvalue weighted by Gasteiger charge is -2.21. The Kier molecular flexibility index (Phi) is 3.49. The highest BCUT2D eigenvalue weighted by Gasteiger charge is 2.36. The topological polar surface area (TPSA) is 66.5 Å². The Morgan fingerprint density at radius 1 is 1.57 bits per heavy atom. The lowest BCUT2D eigenvalue weighted by molar-refractivity contribution is -0.123. The molecule has 0 aromatic heterocycles. The Morgan fingerprint density at radius 2 is 2.21 bits per heavy atom. The summed E-state index contributed by atoms with van der Waals surface area (Å²) in [5.74, 6) is -0.153. The van der Waals surface area contributed by atoms with Gasteiger partial charge in [-0.3, -0.25) is 4.79 Å². The molecule has 0 saturated carbocycles. The van der Waals surface area contributed by atoms with E-state index in [2.05, 4.69) is 5.32 Å². The lowest BCUT2D eigenvalue weighted by Crippen LogP contribution is -2.45. The molecule has 0 aliphatic carbocycles. The summed E-state index contributed by atoms with van der Waals surface area (Å²) in [5, 5.41) is 2.49. The lowest BCUT2D eigenvalue weighted by atomic mass is 10.2. The Hall–Kier alpha value is -0.620. The number of hydrogen-bond acceptors (Lipinski definition) is 3. The smallest absolute Gasteiger partial charge is 0.238 e. The zero-order valence-electron chi connectivity index (χ0n) is 8.49. The van der Waals surface area contributed by atoms with Crippen molar-refractivity contribution in [1.29, 1.82) is 0 Å². The van der Waals surface area contributed by atoms with Crippen LogP contribution >= 0.6 is 0 Å². The van der Waals surface area contributed by atoms with Crippen molar-refractivity contribution < 1.29 is 13.2 Å². The van der Waals surface area contributed by atoms with Gasteiger partial charge in [-0.05, 0) is 19.8 Å². The number of nitrogens with one attached hydrogen (secondary N) is 1. The molecule has 14 heavy (non-hydrogen) atoms. The van der Waals surface area contributed by atoms with Crippen molar-refractivity contribution in [3.05, 3.63) is 0 Å². The molecule has 1 heterocycles. The summed E-state index contributed by atoms with van der Waals surface area (Å²) in [4.78, 5) is 11.4. The van der Waals surface area contributed by atoms with Crippen LogP contribution in [0.15, 0.2) is 0 Å². The average molecular weight is 220 g/mol. The normalized spacial score (nSPS) is 23.7. The van der Waals surface area contributed by atoms with Gasteiger partial charge in [0, 0.05) is 13.6 Å². The summed E-state index contributed by atoms with van der Waals surface area (Å²) < 4.78 is 24.5. The van der Waals surface area contributed by atoms with E-state index in [0.29, 0.717) is 13.0 Å². The Bertz CT molecular complexity index is 313. The highest BCUT2D eigenvalue weighted by molar-refractivity contribution is 7.89. The third-order valence-electron chi connectivity index (χ3n) is 2.47. The predicted octanol–water partition coefficient (Wildman–Crippen LogP) is -0.453. The maximum Gasteiger partial charge on any atom is 0.238 e. The van der Waals surface area contributed by atoms with Gasteiger partial charge in [0.25, 0.3) is 0 Å².